The molecule has 15 heavy (non-hydrogen) atoms. The predicted octanol–water partition coefficient (Wildman–Crippen LogP) is 2.81. The molecule has 0 fully saturated rings. The van der Waals surface area contributed by atoms with Crippen molar-refractivity contribution >= 4 is 16.7 Å². The molecule has 0 spiro atoms. The predicted molar refractivity (Wildman–Crippen MR) is 59.7 cm³/mol. The van der Waals surface area contributed by atoms with E-state index in [1.807, 2.05) is 30.3 Å². The number of fused-ring (bicyclic) bond motifs is 1. The molecule has 1 radical (unpaired) electrons. The quantitative estimate of drug-likeness (QED) is 0.660. The van der Waals surface area contributed by atoms with E-state index in [4.69, 9.17) is 0 Å². The van der Waals surface area contributed by atoms with Crippen LogP contribution in [0.15, 0.2) is 36.4 Å². The molecular weight excluding hydrogens is 188 g/mol. The number of esters is 1. The lowest BCUT2D eigenvalue weighted by Gasteiger charge is -2.06. The number of ether oxygens (including phenoxy) is 1. The number of methoxy groups -OCH3 is 1. The molecular formula is C13H11O2. The highest BCUT2D eigenvalue weighted by atomic mass is 16.5. The number of hydrogen-bond donors (Lipinski definition) is 0. The van der Waals surface area contributed by atoms with Crippen molar-refractivity contribution in [1.82, 2.24) is 0 Å². The van der Waals surface area contributed by atoms with Gasteiger partial charge in [0, 0.05) is 0 Å². The van der Waals surface area contributed by atoms with Crippen LogP contribution < -0.4 is 0 Å². The van der Waals surface area contributed by atoms with Crippen molar-refractivity contribution in [2.45, 2.75) is 0 Å². The van der Waals surface area contributed by atoms with Crippen molar-refractivity contribution in [3.05, 3.63) is 54.4 Å². The summed E-state index contributed by atoms with van der Waals surface area (Å²) >= 11 is 0. The summed E-state index contributed by atoms with van der Waals surface area (Å²) in [6, 6.07) is 11.5. The summed E-state index contributed by atoms with van der Waals surface area (Å²) in [6.45, 7) is 3.92. The van der Waals surface area contributed by atoms with Crippen LogP contribution in [0.2, 0.25) is 0 Å². The molecule has 0 saturated carbocycles. The fraction of sp³-hybridized carbons (Fsp3) is 0.0769. The topological polar surface area (TPSA) is 26.3 Å². The lowest BCUT2D eigenvalue weighted by molar-refractivity contribution is 0.0600. The Morgan fingerprint density at radius 3 is 2.67 bits per heavy atom. The highest BCUT2D eigenvalue weighted by Crippen LogP contribution is 2.21. The molecule has 0 N–H and O–H groups in total. The first-order chi connectivity index (χ1) is 7.24. The number of hydrogen-bond acceptors (Lipinski definition) is 2. The summed E-state index contributed by atoms with van der Waals surface area (Å²) in [7, 11) is 1.37. The number of carbonyl (C=O) groups excluding carboxylic acids is 1. The van der Waals surface area contributed by atoms with E-state index in [1.165, 1.54) is 7.11 Å². The van der Waals surface area contributed by atoms with Crippen molar-refractivity contribution in [3.8, 4) is 0 Å². The zero-order valence-electron chi connectivity index (χ0n) is 8.49. The monoisotopic (exact) mass is 199 g/mol. The average Bonchev–Trinajstić information content (AvgIpc) is 2.29. The maximum atomic E-state index is 11.4. The Morgan fingerprint density at radius 1 is 1.20 bits per heavy atom. The van der Waals surface area contributed by atoms with Crippen LogP contribution in [0.1, 0.15) is 15.9 Å². The van der Waals surface area contributed by atoms with Crippen molar-refractivity contribution in [3.63, 3.8) is 0 Å². The molecule has 0 unspecified atom stereocenters. The van der Waals surface area contributed by atoms with E-state index in [0.717, 1.165) is 16.3 Å². The molecule has 2 aromatic carbocycles. The number of rotatable bonds is 1. The van der Waals surface area contributed by atoms with Crippen LogP contribution in [0, 0.1) is 6.92 Å². The summed E-state index contributed by atoms with van der Waals surface area (Å²) in [4.78, 5) is 11.4. The minimum atomic E-state index is -0.342. The molecule has 0 aliphatic carbocycles. The van der Waals surface area contributed by atoms with Crippen LogP contribution >= 0.6 is 0 Å². The molecule has 2 nitrogen and oxygen atoms in total. The van der Waals surface area contributed by atoms with Gasteiger partial charge in [0.1, 0.15) is 0 Å². The zero-order chi connectivity index (χ0) is 10.8. The van der Waals surface area contributed by atoms with E-state index >= 15 is 0 Å². The molecule has 0 atom stereocenters. The maximum absolute atomic E-state index is 11.4. The molecule has 0 heterocycles. The third-order valence-corrected chi connectivity index (χ3v) is 2.45. The van der Waals surface area contributed by atoms with E-state index < -0.39 is 0 Å². The molecule has 0 aliphatic heterocycles. The van der Waals surface area contributed by atoms with Gasteiger partial charge in [0.05, 0.1) is 12.7 Å². The second kappa shape index (κ2) is 3.73. The van der Waals surface area contributed by atoms with Crippen LogP contribution in [0.3, 0.4) is 0 Å². The van der Waals surface area contributed by atoms with E-state index in [2.05, 4.69) is 11.7 Å². The Morgan fingerprint density at radius 2 is 1.93 bits per heavy atom. The summed E-state index contributed by atoms with van der Waals surface area (Å²) in [5, 5.41) is 2.07. The Kier molecular flexibility index (Phi) is 2.42. The van der Waals surface area contributed by atoms with Gasteiger partial charge in [-0.3, -0.25) is 0 Å². The van der Waals surface area contributed by atoms with Gasteiger partial charge < -0.3 is 4.74 Å². The highest BCUT2D eigenvalue weighted by Gasteiger charge is 2.10. The van der Waals surface area contributed by atoms with Crippen LogP contribution in [-0.4, -0.2) is 13.1 Å². The summed E-state index contributed by atoms with van der Waals surface area (Å²) in [5.74, 6) is -0.342. The second-order valence-electron chi connectivity index (χ2n) is 3.30. The molecule has 0 aliphatic rings. The van der Waals surface area contributed by atoms with Crippen molar-refractivity contribution in [1.29, 1.82) is 0 Å². The largest absolute Gasteiger partial charge is 0.465 e. The molecule has 0 saturated heterocycles. The first-order valence-electron chi connectivity index (χ1n) is 4.66. The number of carbonyl (C=O) groups is 1. The van der Waals surface area contributed by atoms with Gasteiger partial charge in [-0.2, -0.15) is 0 Å². The van der Waals surface area contributed by atoms with Gasteiger partial charge in [-0.1, -0.05) is 30.3 Å². The van der Waals surface area contributed by atoms with E-state index in [0.29, 0.717) is 5.56 Å². The van der Waals surface area contributed by atoms with Crippen molar-refractivity contribution in [2.75, 3.05) is 7.11 Å². The first kappa shape index (κ1) is 9.71. The smallest absolute Gasteiger partial charge is 0.338 e. The molecule has 0 aromatic heterocycles. The summed E-state index contributed by atoms with van der Waals surface area (Å²) < 4.78 is 4.69. The van der Waals surface area contributed by atoms with E-state index in [-0.39, 0.29) is 5.97 Å². The maximum Gasteiger partial charge on any atom is 0.338 e. The fourth-order valence-electron chi connectivity index (χ4n) is 1.64. The SMILES string of the molecule is [CH2]c1c(C(=O)OC)ccc2ccccc12. The van der Waals surface area contributed by atoms with Gasteiger partial charge >= 0.3 is 5.97 Å². The standard InChI is InChI=1S/C13H11O2/c1-9-11-6-4-3-5-10(11)7-8-12(9)13(14)15-2/h3-8H,1H2,2H3. The molecule has 75 valence electrons. The van der Waals surface area contributed by atoms with E-state index in [1.54, 1.807) is 6.07 Å². The second-order valence-corrected chi connectivity index (χ2v) is 3.30. The van der Waals surface area contributed by atoms with Crippen molar-refractivity contribution < 1.29 is 9.53 Å². The van der Waals surface area contributed by atoms with Gasteiger partial charge in [-0.15, -0.1) is 0 Å². The molecule has 2 aromatic rings. The lowest BCUT2D eigenvalue weighted by Crippen LogP contribution is -2.03. The van der Waals surface area contributed by atoms with Crippen LogP contribution in [0.25, 0.3) is 10.8 Å². The van der Waals surface area contributed by atoms with Gasteiger partial charge in [-0.05, 0) is 29.3 Å². The van der Waals surface area contributed by atoms with Gasteiger partial charge in [0.25, 0.3) is 0 Å². The Labute approximate surface area is 88.5 Å². The van der Waals surface area contributed by atoms with Crippen molar-refractivity contribution in [2.24, 2.45) is 0 Å². The van der Waals surface area contributed by atoms with Gasteiger partial charge in [0.2, 0.25) is 0 Å². The Hall–Kier alpha value is -1.83. The zero-order valence-corrected chi connectivity index (χ0v) is 8.49. The van der Waals surface area contributed by atoms with Gasteiger partial charge in [0.15, 0.2) is 0 Å². The highest BCUT2D eigenvalue weighted by molar-refractivity contribution is 5.99. The van der Waals surface area contributed by atoms with E-state index in [9.17, 15) is 4.79 Å². The summed E-state index contributed by atoms with van der Waals surface area (Å²) in [6.07, 6.45) is 0. The third kappa shape index (κ3) is 1.59. The minimum Gasteiger partial charge on any atom is -0.465 e. The average molecular weight is 199 g/mol. The summed E-state index contributed by atoms with van der Waals surface area (Å²) in [5.41, 5.74) is 1.25. The molecule has 0 amide bonds. The normalized spacial score (nSPS) is 10.3. The van der Waals surface area contributed by atoms with Crippen LogP contribution in [0.4, 0.5) is 0 Å². The molecule has 2 rings (SSSR count). The fourth-order valence-corrected chi connectivity index (χ4v) is 1.64. The Bertz CT molecular complexity index is 515. The lowest BCUT2D eigenvalue weighted by atomic mass is 10.0. The van der Waals surface area contributed by atoms with Gasteiger partial charge in [-0.25, -0.2) is 4.79 Å². The van der Waals surface area contributed by atoms with Crippen LogP contribution in [-0.2, 0) is 4.74 Å². The third-order valence-electron chi connectivity index (χ3n) is 2.45. The molecule has 2 heteroatoms. The molecule has 0 bridgehead atoms. The van der Waals surface area contributed by atoms with Crippen LogP contribution in [0.5, 0.6) is 0 Å². The minimum absolute atomic E-state index is 0.342. The Balaban J connectivity index is 2.70. The number of benzene rings is 2. The first-order valence-corrected chi connectivity index (χ1v) is 4.66.